The zero-order chi connectivity index (χ0) is 15.6. The lowest BCUT2D eigenvalue weighted by atomic mass is 10.1. The van der Waals surface area contributed by atoms with Crippen LogP contribution in [0, 0.1) is 11.5 Å². The van der Waals surface area contributed by atoms with Gasteiger partial charge in [0.15, 0.2) is 5.82 Å². The summed E-state index contributed by atoms with van der Waals surface area (Å²) in [6.07, 6.45) is 3.75. The van der Waals surface area contributed by atoms with Crippen molar-refractivity contribution in [3.05, 3.63) is 54.4 Å². The normalized spacial score (nSPS) is 11.0. The van der Waals surface area contributed by atoms with Gasteiger partial charge in [0, 0.05) is 11.8 Å². The van der Waals surface area contributed by atoms with E-state index < -0.39 is 8.07 Å². The van der Waals surface area contributed by atoms with E-state index in [-0.39, 0.29) is 0 Å². The van der Waals surface area contributed by atoms with Crippen molar-refractivity contribution >= 4 is 8.07 Å². The molecule has 0 aliphatic rings. The molecule has 0 fully saturated rings. The molecule has 0 aliphatic carbocycles. The van der Waals surface area contributed by atoms with Crippen LogP contribution in [0.3, 0.4) is 0 Å². The monoisotopic (exact) mass is 305 g/mol. The number of nitrogens with zero attached hydrogens (tertiary/aromatic N) is 1. The fraction of sp³-hybridized carbons (Fsp3) is 0.167. The predicted molar refractivity (Wildman–Crippen MR) is 94.0 cm³/mol. The number of nitrogens with one attached hydrogen (secondary N) is 2. The number of H-pyrrole nitrogens is 2. The Labute approximate surface area is 131 Å². The molecule has 2 N–H and O–H groups in total. The molecule has 0 spiro atoms. The summed E-state index contributed by atoms with van der Waals surface area (Å²) in [6.45, 7) is 6.75. The molecule has 4 heteroatoms. The van der Waals surface area contributed by atoms with Crippen LogP contribution in [0.25, 0.3) is 22.8 Å². The molecule has 0 radical (unpaired) electrons. The average Bonchev–Trinajstić information content (AvgIpc) is 3.15. The molecule has 1 aromatic carbocycles. The Morgan fingerprint density at radius 3 is 2.41 bits per heavy atom. The Balaban J connectivity index is 1.83. The van der Waals surface area contributed by atoms with Crippen LogP contribution < -0.4 is 0 Å². The first-order chi connectivity index (χ1) is 10.5. The Kier molecular flexibility index (Phi) is 3.74. The summed E-state index contributed by atoms with van der Waals surface area (Å²) in [5, 5.41) is 0. The molecule has 2 aromatic heterocycles. The molecule has 2 heterocycles. The van der Waals surface area contributed by atoms with Crippen LogP contribution in [-0.2, 0) is 0 Å². The minimum absolute atomic E-state index is 0.850. The van der Waals surface area contributed by atoms with Crippen LogP contribution in [0.2, 0.25) is 19.6 Å². The third-order valence-electron chi connectivity index (χ3n) is 3.21. The second-order valence-corrected chi connectivity index (χ2v) is 11.1. The topological polar surface area (TPSA) is 44.5 Å². The molecule has 3 nitrogen and oxygen atoms in total. The van der Waals surface area contributed by atoms with Crippen LogP contribution in [0.4, 0.5) is 0 Å². The van der Waals surface area contributed by atoms with E-state index in [4.69, 9.17) is 0 Å². The third-order valence-corrected chi connectivity index (χ3v) is 4.08. The standard InChI is InChI=1S/C18H19N3Si/c1-22(2,3)12-10-14-6-8-15(9-7-14)17-13-20-18(21-17)16-5-4-11-19-16/h4-9,11,13,19H,1-3H3,(H,20,21). The highest BCUT2D eigenvalue weighted by Gasteiger charge is 2.08. The van der Waals surface area contributed by atoms with Gasteiger partial charge in [0.2, 0.25) is 0 Å². The van der Waals surface area contributed by atoms with E-state index in [0.717, 1.165) is 28.3 Å². The smallest absolute Gasteiger partial charge is 0.154 e. The zero-order valence-electron chi connectivity index (χ0n) is 13.1. The first-order valence-electron chi connectivity index (χ1n) is 7.34. The van der Waals surface area contributed by atoms with Crippen LogP contribution in [0.1, 0.15) is 5.56 Å². The van der Waals surface area contributed by atoms with Gasteiger partial charge in [-0.3, -0.25) is 0 Å². The van der Waals surface area contributed by atoms with E-state index in [2.05, 4.69) is 70.3 Å². The van der Waals surface area contributed by atoms with Gasteiger partial charge in [0.25, 0.3) is 0 Å². The Morgan fingerprint density at radius 1 is 1.00 bits per heavy atom. The highest BCUT2D eigenvalue weighted by Crippen LogP contribution is 2.21. The van der Waals surface area contributed by atoms with Crippen LogP contribution in [-0.4, -0.2) is 23.0 Å². The molecule has 22 heavy (non-hydrogen) atoms. The maximum atomic E-state index is 4.42. The Bertz CT molecular complexity index is 810. The van der Waals surface area contributed by atoms with Gasteiger partial charge in [0.05, 0.1) is 17.6 Å². The van der Waals surface area contributed by atoms with Crippen molar-refractivity contribution in [1.29, 1.82) is 0 Å². The van der Waals surface area contributed by atoms with Crippen molar-refractivity contribution in [2.24, 2.45) is 0 Å². The fourth-order valence-electron chi connectivity index (χ4n) is 2.08. The van der Waals surface area contributed by atoms with E-state index in [1.165, 1.54) is 0 Å². The first-order valence-corrected chi connectivity index (χ1v) is 10.8. The van der Waals surface area contributed by atoms with Gasteiger partial charge in [-0.05, 0) is 29.8 Å². The maximum Gasteiger partial charge on any atom is 0.154 e. The van der Waals surface area contributed by atoms with Crippen molar-refractivity contribution < 1.29 is 0 Å². The van der Waals surface area contributed by atoms with E-state index in [1.807, 2.05) is 24.5 Å². The van der Waals surface area contributed by atoms with E-state index in [1.54, 1.807) is 0 Å². The molecule has 0 saturated heterocycles. The average molecular weight is 305 g/mol. The first kappa shape index (κ1) is 14.4. The number of hydrogen-bond acceptors (Lipinski definition) is 1. The van der Waals surface area contributed by atoms with E-state index >= 15 is 0 Å². The second kappa shape index (κ2) is 5.70. The van der Waals surface area contributed by atoms with Crippen molar-refractivity contribution in [2.75, 3.05) is 0 Å². The van der Waals surface area contributed by atoms with Crippen molar-refractivity contribution in [2.45, 2.75) is 19.6 Å². The van der Waals surface area contributed by atoms with E-state index in [0.29, 0.717) is 0 Å². The maximum absolute atomic E-state index is 4.42. The molecule has 0 bridgehead atoms. The Morgan fingerprint density at radius 2 is 1.77 bits per heavy atom. The summed E-state index contributed by atoms with van der Waals surface area (Å²) in [5.74, 6) is 4.12. The minimum atomic E-state index is -1.33. The lowest BCUT2D eigenvalue weighted by Crippen LogP contribution is -2.16. The number of benzene rings is 1. The predicted octanol–water partition coefficient (Wildman–Crippen LogP) is 4.30. The molecule has 0 saturated carbocycles. The molecule has 3 aromatic rings. The molecule has 0 atom stereocenters. The van der Waals surface area contributed by atoms with Crippen LogP contribution in [0.15, 0.2) is 48.8 Å². The minimum Gasteiger partial charge on any atom is -0.359 e. The van der Waals surface area contributed by atoms with E-state index in [9.17, 15) is 0 Å². The summed E-state index contributed by atoms with van der Waals surface area (Å²) in [7, 11) is -1.33. The summed E-state index contributed by atoms with van der Waals surface area (Å²) in [6, 6.07) is 12.3. The fourth-order valence-corrected chi connectivity index (χ4v) is 2.59. The summed E-state index contributed by atoms with van der Waals surface area (Å²) < 4.78 is 0. The zero-order valence-corrected chi connectivity index (χ0v) is 14.1. The van der Waals surface area contributed by atoms with Gasteiger partial charge >= 0.3 is 0 Å². The Hall–Kier alpha value is -2.51. The van der Waals surface area contributed by atoms with Crippen molar-refractivity contribution in [1.82, 2.24) is 15.0 Å². The summed E-state index contributed by atoms with van der Waals surface area (Å²) in [4.78, 5) is 10.9. The van der Waals surface area contributed by atoms with Crippen molar-refractivity contribution in [3.8, 4) is 34.2 Å². The molecule has 0 aliphatic heterocycles. The number of hydrogen-bond donors (Lipinski definition) is 2. The molecule has 0 amide bonds. The number of rotatable bonds is 2. The summed E-state index contributed by atoms with van der Waals surface area (Å²) in [5.41, 5.74) is 7.56. The van der Waals surface area contributed by atoms with Gasteiger partial charge in [-0.1, -0.05) is 37.7 Å². The SMILES string of the molecule is C[Si](C)(C)C#Cc1ccc(-c2cnc(-c3ccc[nH]3)[nH]2)cc1. The number of imidazole rings is 1. The highest BCUT2D eigenvalue weighted by molar-refractivity contribution is 6.83. The van der Waals surface area contributed by atoms with Gasteiger partial charge in [0.1, 0.15) is 8.07 Å². The summed E-state index contributed by atoms with van der Waals surface area (Å²) >= 11 is 0. The van der Waals surface area contributed by atoms with Crippen molar-refractivity contribution in [3.63, 3.8) is 0 Å². The molecule has 0 unspecified atom stereocenters. The van der Waals surface area contributed by atoms with Crippen LogP contribution >= 0.6 is 0 Å². The largest absolute Gasteiger partial charge is 0.359 e. The molecule has 110 valence electrons. The molecular formula is C18H19N3Si. The van der Waals surface area contributed by atoms with Gasteiger partial charge in [-0.15, -0.1) is 5.54 Å². The van der Waals surface area contributed by atoms with Crippen LogP contribution in [0.5, 0.6) is 0 Å². The second-order valence-electron chi connectivity index (χ2n) is 6.31. The third kappa shape index (κ3) is 3.38. The molecular weight excluding hydrogens is 286 g/mol. The molecule has 3 rings (SSSR count). The van der Waals surface area contributed by atoms with Gasteiger partial charge < -0.3 is 9.97 Å². The van der Waals surface area contributed by atoms with Gasteiger partial charge in [-0.2, -0.15) is 0 Å². The number of aromatic amines is 2. The quantitative estimate of drug-likeness (QED) is 0.538. The van der Waals surface area contributed by atoms with Gasteiger partial charge in [-0.25, -0.2) is 4.98 Å². The lowest BCUT2D eigenvalue weighted by Gasteiger charge is -2.03. The lowest BCUT2D eigenvalue weighted by molar-refractivity contribution is 1.26. The number of aromatic nitrogens is 3. The highest BCUT2D eigenvalue weighted by atomic mass is 28.3.